The number of thiophene rings is 1. The van der Waals surface area contributed by atoms with Gasteiger partial charge in [0.1, 0.15) is 22.2 Å². The van der Waals surface area contributed by atoms with Crippen molar-refractivity contribution in [1.82, 2.24) is 9.97 Å². The minimum Gasteiger partial charge on any atom is -0.462 e. The molecule has 5 nitrogen and oxygen atoms in total. The summed E-state index contributed by atoms with van der Waals surface area (Å²) in [7, 11) is 0. The molecular formula is C11H11FN2O3S. The fraction of sp³-hybridized carbons (Fsp3) is 0.364. The van der Waals surface area contributed by atoms with Crippen LogP contribution in [0.15, 0.2) is 4.79 Å². The summed E-state index contributed by atoms with van der Waals surface area (Å²) in [6.45, 7) is 2.76. The molecule has 96 valence electrons. The molecule has 2 aromatic rings. The lowest BCUT2D eigenvalue weighted by atomic mass is 10.2. The van der Waals surface area contributed by atoms with E-state index in [2.05, 4.69) is 9.97 Å². The van der Waals surface area contributed by atoms with E-state index in [0.29, 0.717) is 20.7 Å². The van der Waals surface area contributed by atoms with Gasteiger partial charge in [0, 0.05) is 0 Å². The number of aromatic nitrogens is 2. The Bertz CT molecular complexity index is 662. The van der Waals surface area contributed by atoms with Gasteiger partial charge in [0.05, 0.1) is 12.0 Å². The Morgan fingerprint density at radius 3 is 2.89 bits per heavy atom. The lowest BCUT2D eigenvalue weighted by molar-refractivity contribution is 0.0531. The van der Waals surface area contributed by atoms with Gasteiger partial charge in [0.15, 0.2) is 0 Å². The normalized spacial score (nSPS) is 10.8. The van der Waals surface area contributed by atoms with Crippen LogP contribution in [0.2, 0.25) is 0 Å². The Balaban J connectivity index is 2.66. The summed E-state index contributed by atoms with van der Waals surface area (Å²) >= 11 is 1.04. The second kappa shape index (κ2) is 4.85. The van der Waals surface area contributed by atoms with Crippen LogP contribution in [0.1, 0.15) is 28.0 Å². The van der Waals surface area contributed by atoms with Crippen LogP contribution in [0.4, 0.5) is 4.39 Å². The van der Waals surface area contributed by atoms with Gasteiger partial charge in [0.25, 0.3) is 5.56 Å². The number of fused-ring (bicyclic) bond motifs is 1. The molecule has 0 spiro atoms. The van der Waals surface area contributed by atoms with E-state index >= 15 is 0 Å². The monoisotopic (exact) mass is 270 g/mol. The zero-order valence-corrected chi connectivity index (χ0v) is 10.7. The van der Waals surface area contributed by atoms with E-state index in [1.54, 1.807) is 13.8 Å². The first-order valence-electron chi connectivity index (χ1n) is 5.33. The van der Waals surface area contributed by atoms with Crippen molar-refractivity contribution in [3.63, 3.8) is 0 Å². The molecule has 0 unspecified atom stereocenters. The number of carbonyl (C=O) groups is 1. The number of hydrogen-bond donors (Lipinski definition) is 1. The smallest absolute Gasteiger partial charge is 0.348 e. The van der Waals surface area contributed by atoms with Gasteiger partial charge in [-0.25, -0.2) is 14.2 Å². The van der Waals surface area contributed by atoms with Crippen molar-refractivity contribution >= 4 is 27.5 Å². The Hall–Kier alpha value is -1.76. The van der Waals surface area contributed by atoms with Crippen molar-refractivity contribution in [1.29, 1.82) is 0 Å². The van der Waals surface area contributed by atoms with Crippen LogP contribution in [-0.2, 0) is 11.4 Å². The third-order valence-electron chi connectivity index (χ3n) is 2.44. The summed E-state index contributed by atoms with van der Waals surface area (Å²) in [5.41, 5.74) is 0.0876. The molecule has 0 bridgehead atoms. The highest BCUT2D eigenvalue weighted by molar-refractivity contribution is 7.20. The van der Waals surface area contributed by atoms with Gasteiger partial charge in [0.2, 0.25) is 0 Å². The number of esters is 1. The third-order valence-corrected chi connectivity index (χ3v) is 3.60. The first kappa shape index (κ1) is 12.7. The van der Waals surface area contributed by atoms with Gasteiger partial charge in [-0.2, -0.15) is 0 Å². The van der Waals surface area contributed by atoms with Crippen molar-refractivity contribution in [2.45, 2.75) is 20.5 Å². The summed E-state index contributed by atoms with van der Waals surface area (Å²) in [5, 5.41) is 0.320. The molecule has 0 fully saturated rings. The second-order valence-electron chi connectivity index (χ2n) is 3.60. The Labute approximate surface area is 106 Å². The lowest BCUT2D eigenvalue weighted by Crippen LogP contribution is -2.11. The molecule has 0 aliphatic rings. The van der Waals surface area contributed by atoms with Crippen molar-refractivity contribution in [3.05, 3.63) is 26.6 Å². The van der Waals surface area contributed by atoms with Crippen LogP contribution in [0, 0.1) is 6.92 Å². The maximum Gasteiger partial charge on any atom is 0.348 e. The van der Waals surface area contributed by atoms with Crippen LogP contribution >= 0.6 is 11.3 Å². The van der Waals surface area contributed by atoms with Gasteiger partial charge in [-0.05, 0) is 19.4 Å². The van der Waals surface area contributed by atoms with Gasteiger partial charge >= 0.3 is 5.97 Å². The number of alkyl halides is 1. The minimum atomic E-state index is -0.850. The van der Waals surface area contributed by atoms with Crippen LogP contribution in [-0.4, -0.2) is 22.5 Å². The first-order chi connectivity index (χ1) is 8.58. The second-order valence-corrected chi connectivity index (χ2v) is 4.60. The van der Waals surface area contributed by atoms with E-state index in [4.69, 9.17) is 4.74 Å². The first-order valence-corrected chi connectivity index (χ1v) is 6.15. The molecule has 2 heterocycles. The highest BCUT2D eigenvalue weighted by Gasteiger charge is 2.19. The standard InChI is InChI=1S/C11H11FN2O3S/c1-3-17-11(16)8-5(2)7-9(15)13-6(4-12)14-10(7)18-8/h3-4H2,1-2H3,(H,13,14,15). The predicted octanol–water partition coefficient (Wildman–Crippen LogP) is 1.94. The van der Waals surface area contributed by atoms with Crippen molar-refractivity contribution < 1.29 is 13.9 Å². The fourth-order valence-electron chi connectivity index (χ4n) is 1.64. The van der Waals surface area contributed by atoms with E-state index < -0.39 is 18.2 Å². The SMILES string of the molecule is CCOC(=O)c1sc2nc(CF)[nH]c(=O)c2c1C. The van der Waals surface area contributed by atoms with E-state index in [1.807, 2.05) is 0 Å². The van der Waals surface area contributed by atoms with Crippen molar-refractivity contribution in [2.24, 2.45) is 0 Å². The lowest BCUT2D eigenvalue weighted by Gasteiger charge is -1.98. The maximum atomic E-state index is 12.5. The molecule has 0 saturated heterocycles. The molecule has 2 rings (SSSR count). The van der Waals surface area contributed by atoms with E-state index in [-0.39, 0.29) is 12.4 Å². The number of rotatable bonds is 3. The van der Waals surface area contributed by atoms with Crippen LogP contribution < -0.4 is 5.56 Å². The molecule has 0 amide bonds. The topological polar surface area (TPSA) is 72.0 Å². The molecule has 1 N–H and O–H groups in total. The molecule has 0 saturated carbocycles. The number of hydrogen-bond acceptors (Lipinski definition) is 5. The zero-order valence-electron chi connectivity index (χ0n) is 9.87. The number of nitrogens with zero attached hydrogens (tertiary/aromatic N) is 1. The average molecular weight is 270 g/mol. The summed E-state index contributed by atoms with van der Waals surface area (Å²) in [6, 6.07) is 0. The van der Waals surface area contributed by atoms with Crippen LogP contribution in [0.5, 0.6) is 0 Å². The Morgan fingerprint density at radius 2 is 2.28 bits per heavy atom. The molecule has 0 aromatic carbocycles. The maximum absolute atomic E-state index is 12.5. The molecule has 0 radical (unpaired) electrons. The quantitative estimate of drug-likeness (QED) is 0.865. The van der Waals surface area contributed by atoms with Crippen molar-refractivity contribution in [3.8, 4) is 0 Å². The van der Waals surface area contributed by atoms with Gasteiger partial charge in [-0.1, -0.05) is 0 Å². The zero-order chi connectivity index (χ0) is 13.3. The van der Waals surface area contributed by atoms with Gasteiger partial charge in [-0.3, -0.25) is 4.79 Å². The number of H-pyrrole nitrogens is 1. The third kappa shape index (κ3) is 2.01. The summed E-state index contributed by atoms with van der Waals surface area (Å²) in [5.74, 6) is -0.525. The number of carbonyl (C=O) groups excluding carboxylic acids is 1. The highest BCUT2D eigenvalue weighted by atomic mass is 32.1. The molecule has 0 aliphatic heterocycles. The Morgan fingerprint density at radius 1 is 1.56 bits per heavy atom. The summed E-state index contributed by atoms with van der Waals surface area (Å²) in [6.07, 6.45) is 0. The van der Waals surface area contributed by atoms with E-state index in [1.165, 1.54) is 0 Å². The summed E-state index contributed by atoms with van der Waals surface area (Å²) < 4.78 is 17.4. The minimum absolute atomic E-state index is 0.0378. The number of halogens is 1. The van der Waals surface area contributed by atoms with Crippen molar-refractivity contribution in [2.75, 3.05) is 6.61 Å². The molecule has 0 aliphatic carbocycles. The molecule has 18 heavy (non-hydrogen) atoms. The van der Waals surface area contributed by atoms with E-state index in [9.17, 15) is 14.0 Å². The largest absolute Gasteiger partial charge is 0.462 e. The van der Waals surface area contributed by atoms with E-state index in [0.717, 1.165) is 11.3 Å². The summed E-state index contributed by atoms with van der Waals surface area (Å²) in [4.78, 5) is 30.4. The molecular weight excluding hydrogens is 259 g/mol. The average Bonchev–Trinajstić information content (AvgIpc) is 2.67. The Kier molecular flexibility index (Phi) is 3.42. The molecule has 7 heteroatoms. The number of ether oxygens (including phenoxy) is 1. The van der Waals surface area contributed by atoms with Crippen LogP contribution in [0.25, 0.3) is 10.2 Å². The number of nitrogens with one attached hydrogen (secondary N) is 1. The highest BCUT2D eigenvalue weighted by Crippen LogP contribution is 2.27. The number of aryl methyl sites for hydroxylation is 1. The molecule has 0 atom stereocenters. The molecule has 2 aromatic heterocycles. The van der Waals surface area contributed by atoms with Gasteiger partial charge in [-0.15, -0.1) is 11.3 Å². The predicted molar refractivity (Wildman–Crippen MR) is 65.7 cm³/mol. The fourth-order valence-corrected chi connectivity index (χ4v) is 2.74. The number of aromatic amines is 1. The van der Waals surface area contributed by atoms with Gasteiger partial charge < -0.3 is 9.72 Å². The van der Waals surface area contributed by atoms with Crippen LogP contribution in [0.3, 0.4) is 0 Å².